The number of aryl methyl sites for hydroxylation is 1. The Morgan fingerprint density at radius 3 is 3.05 bits per heavy atom. The lowest BCUT2D eigenvalue weighted by molar-refractivity contribution is 0.130. The van der Waals surface area contributed by atoms with Crippen LogP contribution in [0, 0.1) is 0 Å². The molecule has 2 aromatic rings. The lowest BCUT2D eigenvalue weighted by Gasteiger charge is -2.34. The van der Waals surface area contributed by atoms with Crippen LogP contribution in [-0.2, 0) is 13.1 Å². The van der Waals surface area contributed by atoms with E-state index >= 15 is 0 Å². The van der Waals surface area contributed by atoms with E-state index in [-0.39, 0.29) is 0 Å². The normalized spacial score (nSPS) is 19.5. The fraction of sp³-hybridized carbons (Fsp3) is 0.667. The van der Waals surface area contributed by atoms with Gasteiger partial charge in [-0.25, -0.2) is 4.98 Å². The van der Waals surface area contributed by atoms with Gasteiger partial charge in [-0.05, 0) is 33.2 Å². The van der Waals surface area contributed by atoms with Crippen LogP contribution >= 0.6 is 11.3 Å². The first-order valence-electron chi connectivity index (χ1n) is 8.02. The maximum absolute atomic E-state index is 5.42. The summed E-state index contributed by atoms with van der Waals surface area (Å²) in [4.78, 5) is 7.08. The van der Waals surface area contributed by atoms with Gasteiger partial charge in [-0.1, -0.05) is 17.8 Å². The highest BCUT2D eigenvalue weighted by Gasteiger charge is 2.28. The predicted molar refractivity (Wildman–Crippen MR) is 86.0 cm³/mol. The Morgan fingerprint density at radius 2 is 2.23 bits per heavy atom. The van der Waals surface area contributed by atoms with Crippen LogP contribution in [0.5, 0.6) is 5.19 Å². The largest absolute Gasteiger partial charge is 0.469 e. The van der Waals surface area contributed by atoms with E-state index in [0.717, 1.165) is 31.1 Å². The molecule has 120 valence electrons. The molecule has 2 aromatic heterocycles. The molecule has 0 bridgehead atoms. The van der Waals surface area contributed by atoms with Crippen LogP contribution in [0.3, 0.4) is 0 Å². The number of hydrogen-bond acceptors (Lipinski definition) is 6. The van der Waals surface area contributed by atoms with Gasteiger partial charge in [0.2, 0.25) is 0 Å². The third-order valence-electron chi connectivity index (χ3n) is 4.05. The van der Waals surface area contributed by atoms with Gasteiger partial charge in [-0.2, -0.15) is 0 Å². The number of aromatic nitrogens is 4. The van der Waals surface area contributed by atoms with Crippen molar-refractivity contribution in [2.24, 2.45) is 0 Å². The fourth-order valence-electron chi connectivity index (χ4n) is 3.02. The summed E-state index contributed by atoms with van der Waals surface area (Å²) >= 11 is 1.55. The molecule has 1 aliphatic rings. The number of hydrogen-bond donors (Lipinski definition) is 0. The lowest BCUT2D eigenvalue weighted by Crippen LogP contribution is -2.34. The summed E-state index contributed by atoms with van der Waals surface area (Å²) in [6, 6.07) is 0.378. The second-order valence-corrected chi connectivity index (χ2v) is 6.47. The Balaban J connectivity index is 1.74. The second kappa shape index (κ2) is 7.19. The summed E-state index contributed by atoms with van der Waals surface area (Å²) < 4.78 is 7.67. The van der Waals surface area contributed by atoms with Crippen LogP contribution in [0.2, 0.25) is 0 Å². The van der Waals surface area contributed by atoms with E-state index in [1.807, 2.05) is 13.1 Å². The third kappa shape index (κ3) is 3.30. The number of nitrogens with zero attached hydrogens (tertiary/aromatic N) is 5. The third-order valence-corrected chi connectivity index (χ3v) is 4.88. The summed E-state index contributed by atoms with van der Waals surface area (Å²) in [5.41, 5.74) is 0. The molecule has 0 aromatic carbocycles. The minimum atomic E-state index is 0.378. The average molecular weight is 321 g/mol. The van der Waals surface area contributed by atoms with E-state index in [2.05, 4.69) is 37.8 Å². The molecule has 22 heavy (non-hydrogen) atoms. The molecule has 0 N–H and O–H groups in total. The predicted octanol–water partition coefficient (Wildman–Crippen LogP) is 2.88. The monoisotopic (exact) mass is 321 g/mol. The quantitative estimate of drug-likeness (QED) is 0.819. The average Bonchev–Trinajstić information content (AvgIpc) is 3.17. The summed E-state index contributed by atoms with van der Waals surface area (Å²) in [6.07, 6.45) is 7.64. The molecule has 0 radical (unpaired) electrons. The van der Waals surface area contributed by atoms with Crippen molar-refractivity contribution in [3.05, 3.63) is 23.2 Å². The first-order valence-corrected chi connectivity index (χ1v) is 8.83. The van der Waals surface area contributed by atoms with Crippen molar-refractivity contribution >= 4 is 11.3 Å². The van der Waals surface area contributed by atoms with Gasteiger partial charge in [0.05, 0.1) is 19.2 Å². The molecule has 3 heterocycles. The first-order chi connectivity index (χ1) is 10.8. The van der Waals surface area contributed by atoms with Crippen molar-refractivity contribution in [2.75, 3.05) is 13.2 Å². The van der Waals surface area contributed by atoms with Crippen LogP contribution < -0.4 is 4.74 Å². The Hall–Kier alpha value is -1.47. The molecule has 1 fully saturated rings. The van der Waals surface area contributed by atoms with E-state index in [1.54, 1.807) is 11.3 Å². The molecule has 1 atom stereocenters. The smallest absolute Gasteiger partial charge is 0.294 e. The first kappa shape index (κ1) is 15.4. The van der Waals surface area contributed by atoms with E-state index in [0.29, 0.717) is 17.8 Å². The molecule has 1 unspecified atom stereocenters. The zero-order chi connectivity index (χ0) is 15.4. The van der Waals surface area contributed by atoms with Crippen molar-refractivity contribution in [2.45, 2.75) is 52.2 Å². The van der Waals surface area contributed by atoms with Gasteiger partial charge in [0.1, 0.15) is 10.8 Å². The van der Waals surface area contributed by atoms with Crippen molar-refractivity contribution < 1.29 is 4.74 Å². The van der Waals surface area contributed by atoms with Gasteiger partial charge >= 0.3 is 0 Å². The van der Waals surface area contributed by atoms with Gasteiger partial charge < -0.3 is 9.30 Å². The standard InChI is InChI=1S/C15H23N5OS/c1-3-19-10-8-16-14(19)12-7-5-6-9-20(12)11-13-17-18-15(22-13)21-4-2/h8,10,12H,3-7,9,11H2,1-2H3. The number of imidazole rings is 1. The maximum Gasteiger partial charge on any atom is 0.294 e. The van der Waals surface area contributed by atoms with Crippen LogP contribution in [0.15, 0.2) is 12.4 Å². The Bertz CT molecular complexity index is 596. The van der Waals surface area contributed by atoms with Crippen LogP contribution in [0.4, 0.5) is 0 Å². The minimum Gasteiger partial charge on any atom is -0.469 e. The summed E-state index contributed by atoms with van der Waals surface area (Å²) in [5, 5.41) is 10.0. The topological polar surface area (TPSA) is 56.1 Å². The van der Waals surface area contributed by atoms with Gasteiger partial charge in [0, 0.05) is 18.9 Å². The molecule has 3 rings (SSSR count). The summed E-state index contributed by atoms with van der Waals surface area (Å²) in [6.45, 7) is 7.64. The molecule has 0 amide bonds. The van der Waals surface area contributed by atoms with Crippen LogP contribution in [0.25, 0.3) is 0 Å². The molecule has 1 saturated heterocycles. The summed E-state index contributed by atoms with van der Waals surface area (Å²) in [7, 11) is 0. The van der Waals surface area contributed by atoms with Gasteiger partial charge in [0.25, 0.3) is 5.19 Å². The van der Waals surface area contributed by atoms with Crippen LogP contribution in [0.1, 0.15) is 50.0 Å². The Labute approximate surface area is 135 Å². The van der Waals surface area contributed by atoms with Crippen molar-refractivity contribution in [1.29, 1.82) is 0 Å². The van der Waals surface area contributed by atoms with Gasteiger partial charge in [-0.15, -0.1) is 10.2 Å². The lowest BCUT2D eigenvalue weighted by atomic mass is 10.0. The number of piperidine rings is 1. The molecule has 6 nitrogen and oxygen atoms in total. The Morgan fingerprint density at radius 1 is 1.32 bits per heavy atom. The van der Waals surface area contributed by atoms with E-state index in [4.69, 9.17) is 4.74 Å². The molecule has 0 aliphatic carbocycles. The molecular formula is C15H23N5OS. The van der Waals surface area contributed by atoms with Crippen molar-refractivity contribution in [3.63, 3.8) is 0 Å². The highest BCUT2D eigenvalue weighted by molar-refractivity contribution is 7.13. The molecule has 0 spiro atoms. The zero-order valence-electron chi connectivity index (χ0n) is 13.2. The van der Waals surface area contributed by atoms with Crippen LogP contribution in [-0.4, -0.2) is 37.8 Å². The van der Waals surface area contributed by atoms with Gasteiger partial charge in [0.15, 0.2) is 0 Å². The van der Waals surface area contributed by atoms with Crippen molar-refractivity contribution in [3.8, 4) is 5.19 Å². The molecule has 1 aliphatic heterocycles. The highest BCUT2D eigenvalue weighted by atomic mass is 32.1. The van der Waals surface area contributed by atoms with E-state index < -0.39 is 0 Å². The van der Waals surface area contributed by atoms with E-state index in [9.17, 15) is 0 Å². The van der Waals surface area contributed by atoms with E-state index in [1.165, 1.54) is 18.7 Å². The zero-order valence-corrected chi connectivity index (χ0v) is 14.1. The minimum absolute atomic E-state index is 0.378. The maximum atomic E-state index is 5.42. The Kier molecular flexibility index (Phi) is 5.04. The number of rotatable bonds is 6. The second-order valence-electron chi connectivity index (χ2n) is 5.45. The molecule has 0 saturated carbocycles. The summed E-state index contributed by atoms with van der Waals surface area (Å²) in [5.74, 6) is 1.18. The molecule has 7 heteroatoms. The fourth-order valence-corrected chi connectivity index (χ4v) is 3.79. The highest BCUT2D eigenvalue weighted by Crippen LogP contribution is 2.32. The van der Waals surface area contributed by atoms with Crippen molar-refractivity contribution in [1.82, 2.24) is 24.6 Å². The molecular weight excluding hydrogens is 298 g/mol. The number of likely N-dealkylation sites (tertiary alicyclic amines) is 1. The number of ether oxygens (including phenoxy) is 1. The SMILES string of the molecule is CCOc1nnc(CN2CCCCC2c2nccn2CC)s1. The van der Waals surface area contributed by atoms with Gasteiger partial charge in [-0.3, -0.25) is 4.90 Å².